The molecule has 3 rings (SSSR count). The topological polar surface area (TPSA) is 60.6 Å². The largest absolute Gasteiger partial charge is 0.489 e. The molecule has 5 nitrogen and oxygen atoms in total. The lowest BCUT2D eigenvalue weighted by atomic mass is 10.1. The molecule has 0 saturated heterocycles. The van der Waals surface area contributed by atoms with Crippen LogP contribution in [0, 0.1) is 0 Å². The second kappa shape index (κ2) is 11.1. The summed E-state index contributed by atoms with van der Waals surface area (Å²) >= 11 is 0. The first-order valence-electron chi connectivity index (χ1n) is 11.9. The predicted molar refractivity (Wildman–Crippen MR) is 142 cm³/mol. The molecule has 0 spiro atoms. The van der Waals surface area contributed by atoms with Crippen LogP contribution in [0.2, 0.25) is 18.1 Å². The van der Waals surface area contributed by atoms with Gasteiger partial charge in [-0.15, -0.1) is 0 Å². The van der Waals surface area contributed by atoms with Crippen LogP contribution in [0.4, 0.5) is 0 Å². The van der Waals surface area contributed by atoms with E-state index in [1.807, 2.05) is 30.3 Å². The molecule has 0 radical (unpaired) electrons. The lowest BCUT2D eigenvalue weighted by Crippen LogP contribution is -2.41. The summed E-state index contributed by atoms with van der Waals surface area (Å²) in [5, 5.41) is 1.23. The molecule has 0 amide bonds. The Bertz CT molecular complexity index is 1130. The van der Waals surface area contributed by atoms with Gasteiger partial charge in [0.25, 0.3) is 0 Å². The van der Waals surface area contributed by atoms with E-state index in [9.17, 15) is 4.79 Å². The fraction of sp³-hybridized carbons (Fsp3) is 0.393. The van der Waals surface area contributed by atoms with Crippen molar-refractivity contribution < 1.29 is 18.7 Å². The van der Waals surface area contributed by atoms with Crippen LogP contribution in [0.3, 0.4) is 0 Å². The van der Waals surface area contributed by atoms with E-state index in [2.05, 4.69) is 57.0 Å². The molecule has 2 aromatic carbocycles. The Morgan fingerprint density at radius 3 is 2.50 bits per heavy atom. The van der Waals surface area contributed by atoms with Gasteiger partial charge in [-0.1, -0.05) is 51.1 Å². The van der Waals surface area contributed by atoms with Crippen LogP contribution in [-0.2, 0) is 27.0 Å². The number of fused-ring (bicyclic) bond motifs is 1. The quantitative estimate of drug-likeness (QED) is 0.195. The molecule has 1 aromatic heterocycles. The summed E-state index contributed by atoms with van der Waals surface area (Å²) < 4.78 is 17.6. The Morgan fingerprint density at radius 1 is 1.09 bits per heavy atom. The van der Waals surface area contributed by atoms with Crippen molar-refractivity contribution in [3.63, 3.8) is 0 Å². The highest BCUT2D eigenvalue weighted by molar-refractivity contribution is 6.74. The smallest absolute Gasteiger partial charge is 0.330 e. The zero-order chi connectivity index (χ0) is 24.8. The van der Waals surface area contributed by atoms with E-state index in [1.54, 1.807) is 13.0 Å². The first-order chi connectivity index (χ1) is 16.1. The summed E-state index contributed by atoms with van der Waals surface area (Å²) in [6, 6.07) is 16.2. The van der Waals surface area contributed by atoms with Gasteiger partial charge in [-0.2, -0.15) is 0 Å². The number of ether oxygens (including phenoxy) is 2. The average Bonchev–Trinajstić information content (AvgIpc) is 3.13. The van der Waals surface area contributed by atoms with Crippen LogP contribution in [0.1, 0.15) is 44.5 Å². The maximum atomic E-state index is 11.9. The predicted octanol–water partition coefficient (Wildman–Crippen LogP) is 6.89. The highest BCUT2D eigenvalue weighted by atomic mass is 28.4. The minimum absolute atomic E-state index is 0.151. The maximum Gasteiger partial charge on any atom is 0.330 e. The van der Waals surface area contributed by atoms with Gasteiger partial charge in [0.1, 0.15) is 12.4 Å². The summed E-state index contributed by atoms with van der Waals surface area (Å²) in [7, 11) is -1.86. The van der Waals surface area contributed by atoms with Crippen molar-refractivity contribution in [1.29, 1.82) is 0 Å². The van der Waals surface area contributed by atoms with E-state index in [0.717, 1.165) is 39.9 Å². The van der Waals surface area contributed by atoms with Crippen molar-refractivity contribution >= 4 is 31.3 Å². The van der Waals surface area contributed by atoms with Crippen molar-refractivity contribution in [2.75, 3.05) is 13.2 Å². The Kier molecular flexibility index (Phi) is 8.39. The van der Waals surface area contributed by atoms with Crippen LogP contribution >= 0.6 is 0 Å². The number of aromatic amines is 1. The van der Waals surface area contributed by atoms with Crippen molar-refractivity contribution in [2.45, 2.75) is 58.9 Å². The summed E-state index contributed by atoms with van der Waals surface area (Å²) in [4.78, 5) is 15.4. The molecule has 1 heterocycles. The van der Waals surface area contributed by atoms with Gasteiger partial charge < -0.3 is 18.9 Å². The maximum absolute atomic E-state index is 11.9. The molecule has 0 aliphatic rings. The third kappa shape index (κ3) is 6.61. The SMILES string of the molecule is CCOC(=O)C=Cc1[nH]c2ccc(OCc3ccccc3)cc2c1CCO[Si](C)(C)C(C)(C)C. The van der Waals surface area contributed by atoms with Gasteiger partial charge in [0.2, 0.25) is 0 Å². The fourth-order valence-electron chi connectivity index (χ4n) is 3.46. The average molecular weight is 480 g/mol. The monoisotopic (exact) mass is 479 g/mol. The molecule has 0 bridgehead atoms. The summed E-state index contributed by atoms with van der Waals surface area (Å²) in [6.07, 6.45) is 4.00. The molecule has 3 aromatic rings. The van der Waals surface area contributed by atoms with Crippen LogP contribution in [0.5, 0.6) is 5.75 Å². The molecule has 6 heteroatoms. The molecule has 0 aliphatic heterocycles. The van der Waals surface area contributed by atoms with Crippen molar-refractivity contribution in [3.8, 4) is 5.75 Å². The third-order valence-electron chi connectivity index (χ3n) is 6.45. The van der Waals surface area contributed by atoms with Gasteiger partial charge in [-0.3, -0.25) is 0 Å². The number of aromatic nitrogens is 1. The summed E-state index contributed by atoms with van der Waals surface area (Å²) in [5.41, 5.74) is 4.12. The Morgan fingerprint density at radius 2 is 1.82 bits per heavy atom. The van der Waals surface area contributed by atoms with E-state index in [-0.39, 0.29) is 11.0 Å². The second-order valence-electron chi connectivity index (χ2n) is 9.94. The van der Waals surface area contributed by atoms with Crippen LogP contribution < -0.4 is 4.74 Å². The first kappa shape index (κ1) is 25.8. The van der Waals surface area contributed by atoms with Gasteiger partial charge in [0.15, 0.2) is 8.32 Å². The number of carbonyl (C=O) groups is 1. The molecule has 0 unspecified atom stereocenters. The van der Waals surface area contributed by atoms with Gasteiger partial charge in [0.05, 0.1) is 6.61 Å². The summed E-state index contributed by atoms with van der Waals surface area (Å²) in [6.45, 7) is 14.5. The van der Waals surface area contributed by atoms with Crippen molar-refractivity contribution in [1.82, 2.24) is 4.98 Å². The van der Waals surface area contributed by atoms with E-state index >= 15 is 0 Å². The lowest BCUT2D eigenvalue weighted by molar-refractivity contribution is -0.137. The lowest BCUT2D eigenvalue weighted by Gasteiger charge is -2.36. The van der Waals surface area contributed by atoms with Gasteiger partial charge in [0, 0.05) is 29.3 Å². The minimum Gasteiger partial charge on any atom is -0.489 e. The Hall–Kier alpha value is -2.83. The molecule has 0 aliphatic carbocycles. The molecular weight excluding hydrogens is 442 g/mol. The molecular formula is C28H37NO4Si. The van der Waals surface area contributed by atoms with Crippen LogP contribution in [-0.4, -0.2) is 32.5 Å². The number of H-pyrrole nitrogens is 1. The van der Waals surface area contributed by atoms with E-state index in [1.165, 1.54) is 6.08 Å². The van der Waals surface area contributed by atoms with Crippen LogP contribution in [0.25, 0.3) is 17.0 Å². The van der Waals surface area contributed by atoms with E-state index < -0.39 is 8.32 Å². The molecule has 0 fully saturated rings. The molecule has 182 valence electrons. The number of hydrogen-bond acceptors (Lipinski definition) is 4. The minimum atomic E-state index is -1.86. The fourth-order valence-corrected chi connectivity index (χ4v) is 4.50. The number of benzene rings is 2. The van der Waals surface area contributed by atoms with Crippen molar-refractivity contribution in [2.24, 2.45) is 0 Å². The zero-order valence-corrected chi connectivity index (χ0v) is 22.2. The van der Waals surface area contributed by atoms with Crippen LogP contribution in [0.15, 0.2) is 54.6 Å². The summed E-state index contributed by atoms with van der Waals surface area (Å²) in [5.74, 6) is 0.458. The van der Waals surface area contributed by atoms with Gasteiger partial charge >= 0.3 is 5.97 Å². The number of esters is 1. The number of rotatable bonds is 10. The number of hydrogen-bond donors (Lipinski definition) is 1. The van der Waals surface area contributed by atoms with Gasteiger partial charge in [-0.25, -0.2) is 4.79 Å². The highest BCUT2D eigenvalue weighted by Gasteiger charge is 2.36. The highest BCUT2D eigenvalue weighted by Crippen LogP contribution is 2.37. The molecule has 1 N–H and O–H groups in total. The Balaban J connectivity index is 1.86. The van der Waals surface area contributed by atoms with E-state index in [4.69, 9.17) is 13.9 Å². The zero-order valence-electron chi connectivity index (χ0n) is 21.2. The second-order valence-corrected chi connectivity index (χ2v) is 14.8. The molecule has 34 heavy (non-hydrogen) atoms. The Labute approximate surface area is 204 Å². The molecule has 0 saturated carbocycles. The standard InChI is InChI=1S/C28H37NO4Si/c1-7-31-27(30)16-15-25-23(17-18-33-34(5,6)28(2,3)4)24-19-22(13-14-26(24)29-25)32-20-21-11-9-8-10-12-21/h8-16,19,29H,7,17-18,20H2,1-6H3. The normalized spacial score (nSPS) is 12.4. The number of nitrogens with one attached hydrogen (secondary N) is 1. The number of carbonyl (C=O) groups excluding carboxylic acids is 1. The third-order valence-corrected chi connectivity index (χ3v) is 11.0. The van der Waals surface area contributed by atoms with Crippen molar-refractivity contribution in [3.05, 3.63) is 71.4 Å². The molecule has 0 atom stereocenters. The van der Waals surface area contributed by atoms with Gasteiger partial charge in [-0.05, 0) is 66.9 Å². The first-order valence-corrected chi connectivity index (χ1v) is 14.8. The van der Waals surface area contributed by atoms with E-state index in [0.29, 0.717) is 19.8 Å².